The molecule has 6 nitrogen and oxygen atoms in total. The molecule has 0 atom stereocenters. The molecule has 1 aromatic rings. The molecule has 0 saturated carbocycles. The molecule has 1 aromatic carbocycles. The van der Waals surface area contributed by atoms with Gasteiger partial charge in [-0.05, 0) is 43.4 Å². The molecule has 0 radical (unpaired) electrons. The van der Waals surface area contributed by atoms with Crippen molar-refractivity contribution in [2.45, 2.75) is 47.0 Å². The van der Waals surface area contributed by atoms with Gasteiger partial charge in [-0.1, -0.05) is 26.8 Å². The summed E-state index contributed by atoms with van der Waals surface area (Å²) in [6.07, 6.45) is 0. The molecular weight excluding hydrogens is 439 g/mol. The molecule has 2 amide bonds. The van der Waals surface area contributed by atoms with Crippen LogP contribution in [0.25, 0.3) is 0 Å². The summed E-state index contributed by atoms with van der Waals surface area (Å²) in [4.78, 5) is 28.7. The summed E-state index contributed by atoms with van der Waals surface area (Å²) in [7, 11) is 0. The Morgan fingerprint density at radius 1 is 0.871 bits per heavy atom. The Bertz CT molecular complexity index is 735. The van der Waals surface area contributed by atoms with Gasteiger partial charge in [0, 0.05) is 37.7 Å². The van der Waals surface area contributed by atoms with Crippen molar-refractivity contribution in [2.24, 2.45) is 0 Å². The number of anilines is 2. The van der Waals surface area contributed by atoms with Crippen molar-refractivity contribution in [1.29, 1.82) is 0 Å². The first-order valence-electron chi connectivity index (χ1n) is 10.7. The van der Waals surface area contributed by atoms with E-state index in [4.69, 9.17) is 32.7 Å². The first-order chi connectivity index (χ1) is 14.6. The van der Waals surface area contributed by atoms with Crippen LogP contribution in [0.3, 0.4) is 0 Å². The Hall–Kier alpha value is -1.34. The van der Waals surface area contributed by atoms with Gasteiger partial charge in [0.25, 0.3) is 0 Å². The molecule has 0 fully saturated rings. The summed E-state index contributed by atoms with van der Waals surface area (Å²) in [6, 6.07) is 3.93. The van der Waals surface area contributed by atoms with E-state index in [1.54, 1.807) is 9.80 Å². The van der Waals surface area contributed by atoms with Gasteiger partial charge in [-0.3, -0.25) is 9.59 Å². The van der Waals surface area contributed by atoms with E-state index in [0.29, 0.717) is 45.2 Å². The van der Waals surface area contributed by atoms with Crippen LogP contribution in [0, 0.1) is 6.92 Å². The van der Waals surface area contributed by atoms with Crippen LogP contribution in [0.1, 0.15) is 45.7 Å². The summed E-state index contributed by atoms with van der Waals surface area (Å²) < 4.78 is 11.0. The number of carbonyl (C=O) groups excluding carboxylic acids is 2. The Morgan fingerprint density at radius 2 is 1.32 bits per heavy atom. The van der Waals surface area contributed by atoms with Crippen molar-refractivity contribution >= 4 is 46.4 Å². The Morgan fingerprint density at radius 3 is 1.71 bits per heavy atom. The van der Waals surface area contributed by atoms with E-state index in [0.717, 1.165) is 16.8 Å². The lowest BCUT2D eigenvalue weighted by atomic mass is 9.84. The second-order valence-corrected chi connectivity index (χ2v) is 8.69. The van der Waals surface area contributed by atoms with Gasteiger partial charge in [-0.25, -0.2) is 0 Å². The topological polar surface area (TPSA) is 59.1 Å². The number of amides is 2. The number of halogens is 2. The first kappa shape index (κ1) is 27.7. The molecule has 31 heavy (non-hydrogen) atoms. The van der Waals surface area contributed by atoms with Gasteiger partial charge in [0.15, 0.2) is 0 Å². The summed E-state index contributed by atoms with van der Waals surface area (Å²) in [5, 5.41) is 0. The summed E-state index contributed by atoms with van der Waals surface area (Å²) in [6.45, 7) is 14.7. The quantitative estimate of drug-likeness (QED) is 0.330. The fraction of sp³-hybridized carbons (Fsp3) is 0.652. The summed E-state index contributed by atoms with van der Waals surface area (Å²) in [5.74, 6) is -0.723. The smallest absolute Gasteiger partial charge is 0.241 e. The van der Waals surface area contributed by atoms with Crippen molar-refractivity contribution < 1.29 is 19.1 Å². The molecular formula is C23H36Cl2N2O4. The highest BCUT2D eigenvalue weighted by molar-refractivity contribution is 6.30. The number of hydrogen-bond acceptors (Lipinski definition) is 4. The van der Waals surface area contributed by atoms with E-state index in [1.807, 2.05) is 32.9 Å². The standard InChI is InChI=1S/C23H36Cl2N2O4/c1-7-30-11-9-26(21(28)15-24)19-14-20(18(13-17(19)3)23(4,5)6)27(22(29)16-25)10-12-31-8-2/h13-14H,7-12,15-16H2,1-6H3. The molecule has 176 valence electrons. The van der Waals surface area contributed by atoms with Crippen LogP contribution in [-0.2, 0) is 24.5 Å². The number of hydrogen-bond donors (Lipinski definition) is 0. The number of alkyl halides is 2. The Balaban J connectivity index is 3.61. The first-order valence-corrected chi connectivity index (χ1v) is 11.7. The SMILES string of the molecule is CCOCCN(C(=O)CCl)c1cc(N(CCOCC)C(=O)CCl)c(C(C)(C)C)cc1C. The van der Waals surface area contributed by atoms with Crippen LogP contribution in [0.4, 0.5) is 11.4 Å². The number of rotatable bonds is 12. The third-order valence-corrected chi connectivity index (χ3v) is 5.32. The molecule has 0 aliphatic heterocycles. The number of carbonyl (C=O) groups is 2. The lowest BCUT2D eigenvalue weighted by Crippen LogP contribution is -2.38. The van der Waals surface area contributed by atoms with Gasteiger partial charge < -0.3 is 19.3 Å². The average Bonchev–Trinajstić information content (AvgIpc) is 2.73. The fourth-order valence-corrected chi connectivity index (χ4v) is 3.59. The van der Waals surface area contributed by atoms with E-state index >= 15 is 0 Å². The highest BCUT2D eigenvalue weighted by Gasteiger charge is 2.28. The molecule has 0 aromatic heterocycles. The highest BCUT2D eigenvalue weighted by Crippen LogP contribution is 2.38. The van der Waals surface area contributed by atoms with Crippen LogP contribution in [-0.4, -0.2) is 63.1 Å². The van der Waals surface area contributed by atoms with E-state index in [1.165, 1.54) is 0 Å². The molecule has 0 spiro atoms. The minimum absolute atomic E-state index is 0.142. The molecule has 0 unspecified atom stereocenters. The second kappa shape index (κ2) is 13.3. The van der Waals surface area contributed by atoms with Crippen molar-refractivity contribution in [3.05, 3.63) is 23.3 Å². The predicted octanol–water partition coefficient (Wildman–Crippen LogP) is 4.51. The molecule has 0 heterocycles. The zero-order valence-corrected chi connectivity index (χ0v) is 21.1. The van der Waals surface area contributed by atoms with Crippen molar-refractivity contribution in [1.82, 2.24) is 0 Å². The van der Waals surface area contributed by atoms with E-state index in [2.05, 4.69) is 20.8 Å². The lowest BCUT2D eigenvalue weighted by Gasteiger charge is -2.33. The lowest BCUT2D eigenvalue weighted by molar-refractivity contribution is -0.117. The van der Waals surface area contributed by atoms with E-state index < -0.39 is 0 Å². The average molecular weight is 475 g/mol. The molecule has 0 aliphatic carbocycles. The van der Waals surface area contributed by atoms with Crippen molar-refractivity contribution in [3.8, 4) is 0 Å². The molecule has 0 saturated heterocycles. The van der Waals surface area contributed by atoms with Gasteiger partial charge in [-0.15, -0.1) is 23.2 Å². The van der Waals surface area contributed by atoms with Gasteiger partial charge in [0.2, 0.25) is 11.8 Å². The maximum Gasteiger partial charge on any atom is 0.241 e. The van der Waals surface area contributed by atoms with Crippen LogP contribution in [0.15, 0.2) is 12.1 Å². The molecule has 0 aliphatic rings. The number of ether oxygens (including phenoxy) is 2. The van der Waals surface area contributed by atoms with E-state index in [9.17, 15) is 9.59 Å². The number of nitrogens with zero attached hydrogens (tertiary/aromatic N) is 2. The van der Waals surface area contributed by atoms with Gasteiger partial charge in [-0.2, -0.15) is 0 Å². The maximum atomic E-state index is 12.8. The zero-order valence-electron chi connectivity index (χ0n) is 19.6. The Labute approximate surface area is 196 Å². The fourth-order valence-electron chi connectivity index (χ4n) is 3.30. The van der Waals surface area contributed by atoms with Crippen molar-refractivity contribution in [2.75, 3.05) is 61.1 Å². The van der Waals surface area contributed by atoms with E-state index in [-0.39, 0.29) is 29.0 Å². The summed E-state index contributed by atoms with van der Waals surface area (Å²) in [5.41, 5.74) is 3.11. The van der Waals surface area contributed by atoms with Gasteiger partial charge in [0.1, 0.15) is 11.8 Å². The maximum absolute atomic E-state index is 12.8. The van der Waals surface area contributed by atoms with Gasteiger partial charge >= 0.3 is 0 Å². The molecule has 0 N–H and O–H groups in total. The van der Waals surface area contributed by atoms with Crippen LogP contribution in [0.5, 0.6) is 0 Å². The van der Waals surface area contributed by atoms with Gasteiger partial charge in [0.05, 0.1) is 13.2 Å². The van der Waals surface area contributed by atoms with Crippen LogP contribution in [0.2, 0.25) is 0 Å². The highest BCUT2D eigenvalue weighted by atomic mass is 35.5. The Kier molecular flexibility index (Phi) is 11.8. The number of aryl methyl sites for hydroxylation is 1. The van der Waals surface area contributed by atoms with Crippen molar-refractivity contribution in [3.63, 3.8) is 0 Å². The monoisotopic (exact) mass is 474 g/mol. The largest absolute Gasteiger partial charge is 0.380 e. The third kappa shape index (κ3) is 7.94. The predicted molar refractivity (Wildman–Crippen MR) is 129 cm³/mol. The third-order valence-electron chi connectivity index (χ3n) is 4.86. The normalized spacial score (nSPS) is 11.5. The molecule has 0 bridgehead atoms. The molecule has 8 heteroatoms. The number of benzene rings is 1. The minimum atomic E-state index is -0.234. The van der Waals surface area contributed by atoms with Crippen LogP contribution >= 0.6 is 23.2 Å². The minimum Gasteiger partial charge on any atom is -0.380 e. The molecule has 1 rings (SSSR count). The summed E-state index contributed by atoms with van der Waals surface area (Å²) >= 11 is 11.8. The van der Waals surface area contributed by atoms with Crippen LogP contribution < -0.4 is 9.80 Å². The zero-order chi connectivity index (χ0) is 23.6. The second-order valence-electron chi connectivity index (χ2n) is 8.16.